The van der Waals surface area contributed by atoms with Crippen molar-refractivity contribution in [3.05, 3.63) is 28.2 Å². The molecule has 5 nitrogen and oxygen atoms in total. The van der Waals surface area contributed by atoms with Crippen LogP contribution in [-0.2, 0) is 6.18 Å². The summed E-state index contributed by atoms with van der Waals surface area (Å²) < 4.78 is 47.3. The van der Waals surface area contributed by atoms with Crippen molar-refractivity contribution in [1.29, 1.82) is 0 Å². The van der Waals surface area contributed by atoms with Gasteiger partial charge in [0.15, 0.2) is 0 Å². The summed E-state index contributed by atoms with van der Waals surface area (Å²) in [4.78, 5) is 14.7. The van der Waals surface area contributed by atoms with Crippen LogP contribution in [0.3, 0.4) is 0 Å². The molecule has 1 aromatic carbocycles. The largest absolute Gasteiger partial charge is 0.494 e. The van der Waals surface area contributed by atoms with Crippen molar-refractivity contribution in [1.82, 2.24) is 9.55 Å². The Morgan fingerprint density at radius 2 is 2.08 bits per heavy atom. The van der Waals surface area contributed by atoms with E-state index in [1.165, 1.54) is 6.07 Å². The van der Waals surface area contributed by atoms with Crippen LogP contribution in [0.2, 0.25) is 0 Å². The van der Waals surface area contributed by atoms with E-state index in [1.54, 1.807) is 6.92 Å². The lowest BCUT2D eigenvalue weighted by Crippen LogP contribution is -2.44. The van der Waals surface area contributed by atoms with Crippen molar-refractivity contribution in [3.63, 3.8) is 0 Å². The Balaban J connectivity index is 2.10. The number of alkyl halides is 3. The predicted molar refractivity (Wildman–Crippen MR) is 86.9 cm³/mol. The molecule has 2 aromatic rings. The Labute approximate surface area is 142 Å². The monoisotopic (exact) mass is 358 g/mol. The Bertz CT molecular complexity index is 828. The van der Waals surface area contributed by atoms with E-state index in [9.17, 15) is 23.1 Å². The average molecular weight is 358 g/mol. The third-order valence-electron chi connectivity index (χ3n) is 4.57. The van der Waals surface area contributed by atoms with Crippen LogP contribution >= 0.6 is 0 Å². The van der Waals surface area contributed by atoms with Gasteiger partial charge in [-0.15, -0.1) is 0 Å². The maximum Gasteiger partial charge on any atom is 0.418 e. The highest BCUT2D eigenvalue weighted by Gasteiger charge is 2.43. The number of H-pyrrole nitrogens is 1. The smallest absolute Gasteiger partial charge is 0.418 e. The van der Waals surface area contributed by atoms with Gasteiger partial charge in [0.05, 0.1) is 28.8 Å². The second kappa shape index (κ2) is 6.09. The quantitative estimate of drug-likeness (QED) is 0.803. The summed E-state index contributed by atoms with van der Waals surface area (Å²) >= 11 is 0. The first-order chi connectivity index (χ1) is 11.6. The molecule has 0 amide bonds. The summed E-state index contributed by atoms with van der Waals surface area (Å²) in [6.07, 6.45) is -2.54. The van der Waals surface area contributed by atoms with Crippen molar-refractivity contribution in [2.75, 3.05) is 6.61 Å². The van der Waals surface area contributed by atoms with Gasteiger partial charge >= 0.3 is 11.9 Å². The SMILES string of the molecule is CCCCOc1cc(C(F)(F)F)c2c(c1)[nH]c(=O)n2[C@H]1C[C@](C)(O)C1. The molecule has 25 heavy (non-hydrogen) atoms. The van der Waals surface area contributed by atoms with E-state index >= 15 is 0 Å². The molecule has 0 spiro atoms. The number of aromatic amines is 1. The molecule has 0 radical (unpaired) electrons. The van der Waals surface area contributed by atoms with Crippen LogP contribution < -0.4 is 10.4 Å². The molecule has 0 saturated heterocycles. The van der Waals surface area contributed by atoms with E-state index in [2.05, 4.69) is 4.98 Å². The molecule has 3 rings (SSSR count). The zero-order chi connectivity index (χ0) is 18.4. The van der Waals surface area contributed by atoms with Gasteiger partial charge < -0.3 is 14.8 Å². The van der Waals surface area contributed by atoms with E-state index < -0.39 is 29.1 Å². The minimum atomic E-state index is -4.62. The predicted octanol–water partition coefficient (Wildman–Crippen LogP) is 3.61. The van der Waals surface area contributed by atoms with Crippen LogP contribution in [0.5, 0.6) is 5.75 Å². The molecular formula is C17H21F3N2O3. The number of aromatic nitrogens is 2. The molecule has 1 heterocycles. The molecule has 0 aliphatic heterocycles. The molecule has 0 bridgehead atoms. The highest BCUT2D eigenvalue weighted by molar-refractivity contribution is 5.81. The third-order valence-corrected chi connectivity index (χ3v) is 4.57. The number of imidazole rings is 1. The normalized spacial score (nSPS) is 23.7. The molecule has 2 N–H and O–H groups in total. The molecule has 1 saturated carbocycles. The van der Waals surface area contributed by atoms with Gasteiger partial charge in [0, 0.05) is 12.1 Å². The number of hydrogen-bond donors (Lipinski definition) is 2. The lowest BCUT2D eigenvalue weighted by molar-refractivity contribution is -0.136. The van der Waals surface area contributed by atoms with Gasteiger partial charge in [-0.05, 0) is 32.3 Å². The van der Waals surface area contributed by atoms with E-state index in [0.717, 1.165) is 23.5 Å². The fraction of sp³-hybridized carbons (Fsp3) is 0.588. The van der Waals surface area contributed by atoms with Gasteiger partial charge in [0.25, 0.3) is 0 Å². The number of rotatable bonds is 5. The second-order valence-corrected chi connectivity index (χ2v) is 6.93. The lowest BCUT2D eigenvalue weighted by atomic mass is 9.77. The minimum Gasteiger partial charge on any atom is -0.494 e. The maximum atomic E-state index is 13.6. The molecule has 0 unspecified atom stereocenters. The van der Waals surface area contributed by atoms with Gasteiger partial charge in [0.2, 0.25) is 0 Å². The summed E-state index contributed by atoms with van der Waals surface area (Å²) in [7, 11) is 0. The number of ether oxygens (including phenoxy) is 1. The Morgan fingerprint density at radius 3 is 2.64 bits per heavy atom. The third kappa shape index (κ3) is 3.40. The first-order valence-electron chi connectivity index (χ1n) is 8.33. The Kier molecular flexibility index (Phi) is 4.35. The van der Waals surface area contributed by atoms with E-state index in [4.69, 9.17) is 4.74 Å². The van der Waals surface area contributed by atoms with E-state index in [1.807, 2.05) is 6.92 Å². The standard InChI is InChI=1S/C17H21F3N2O3/c1-3-4-5-25-11-6-12(17(18,19)20)14-13(7-11)21-15(23)22(14)10-8-16(2,24)9-10/h6-7,10,24H,3-5,8-9H2,1-2H3,(H,21,23)/t10-,16-. The van der Waals surface area contributed by atoms with E-state index in [0.29, 0.717) is 6.61 Å². The fourth-order valence-electron chi connectivity index (χ4n) is 3.36. The van der Waals surface area contributed by atoms with Gasteiger partial charge in [-0.3, -0.25) is 4.57 Å². The number of nitrogens with zero attached hydrogens (tertiary/aromatic N) is 1. The number of aliphatic hydroxyl groups is 1. The van der Waals surface area contributed by atoms with Gasteiger partial charge in [-0.1, -0.05) is 13.3 Å². The highest BCUT2D eigenvalue weighted by Crippen LogP contribution is 2.44. The molecule has 1 aliphatic rings. The molecule has 0 atom stereocenters. The zero-order valence-electron chi connectivity index (χ0n) is 14.1. The first kappa shape index (κ1) is 17.8. The van der Waals surface area contributed by atoms with Crippen molar-refractivity contribution in [2.24, 2.45) is 0 Å². The van der Waals surface area contributed by atoms with Crippen molar-refractivity contribution < 1.29 is 23.0 Å². The average Bonchev–Trinajstić information content (AvgIpc) is 2.78. The number of fused-ring (bicyclic) bond motifs is 1. The zero-order valence-corrected chi connectivity index (χ0v) is 14.1. The maximum absolute atomic E-state index is 13.6. The first-order valence-corrected chi connectivity index (χ1v) is 8.33. The van der Waals surface area contributed by atoms with Crippen LogP contribution in [0, 0.1) is 0 Å². The Morgan fingerprint density at radius 1 is 1.40 bits per heavy atom. The number of nitrogens with one attached hydrogen (secondary N) is 1. The number of halogens is 3. The molecule has 1 aromatic heterocycles. The van der Waals surface area contributed by atoms with Crippen LogP contribution in [0.15, 0.2) is 16.9 Å². The highest BCUT2D eigenvalue weighted by atomic mass is 19.4. The van der Waals surface area contributed by atoms with Crippen LogP contribution in [0.1, 0.15) is 51.1 Å². The summed E-state index contributed by atoms with van der Waals surface area (Å²) in [5.74, 6) is 0.0854. The second-order valence-electron chi connectivity index (χ2n) is 6.93. The van der Waals surface area contributed by atoms with Gasteiger partial charge in [0.1, 0.15) is 5.75 Å². The molecular weight excluding hydrogens is 337 g/mol. The summed E-state index contributed by atoms with van der Waals surface area (Å²) in [6, 6.07) is 1.91. The molecule has 1 fully saturated rings. The summed E-state index contributed by atoms with van der Waals surface area (Å²) in [6.45, 7) is 3.88. The minimum absolute atomic E-state index is 0.0854. The van der Waals surface area contributed by atoms with Crippen molar-refractivity contribution >= 4 is 11.0 Å². The van der Waals surface area contributed by atoms with Crippen LogP contribution in [0.25, 0.3) is 11.0 Å². The van der Waals surface area contributed by atoms with Crippen LogP contribution in [0.4, 0.5) is 13.2 Å². The number of hydrogen-bond acceptors (Lipinski definition) is 3. The fourth-order valence-corrected chi connectivity index (χ4v) is 3.36. The number of unbranched alkanes of at least 4 members (excludes halogenated alkanes) is 1. The lowest BCUT2D eigenvalue weighted by Gasteiger charge is -2.41. The topological polar surface area (TPSA) is 67.2 Å². The van der Waals surface area contributed by atoms with Gasteiger partial charge in [-0.25, -0.2) is 4.79 Å². The molecule has 138 valence electrons. The molecule has 1 aliphatic carbocycles. The van der Waals surface area contributed by atoms with Crippen molar-refractivity contribution in [2.45, 2.75) is 57.3 Å². The Hall–Kier alpha value is -1.96. The van der Waals surface area contributed by atoms with Gasteiger partial charge in [-0.2, -0.15) is 13.2 Å². The van der Waals surface area contributed by atoms with Crippen LogP contribution in [-0.4, -0.2) is 26.9 Å². The molecule has 8 heteroatoms. The van der Waals surface area contributed by atoms with Crippen molar-refractivity contribution in [3.8, 4) is 5.75 Å². The number of benzene rings is 1. The summed E-state index contributed by atoms with van der Waals surface area (Å²) in [5.41, 5.74) is -2.54. The van der Waals surface area contributed by atoms with E-state index in [-0.39, 0.29) is 29.6 Å². The summed E-state index contributed by atoms with van der Waals surface area (Å²) in [5, 5.41) is 9.87.